The maximum absolute atomic E-state index is 10.5. The number of fused-ring (bicyclic) bond motifs is 1. The molecule has 206 valence electrons. The maximum Gasteiger partial charge on any atom is 0.119 e. The van der Waals surface area contributed by atoms with E-state index < -0.39 is 0 Å². The number of aryl methyl sites for hydroxylation is 1. The first kappa shape index (κ1) is 27.9. The number of nitrogens with zero attached hydrogens (tertiary/aromatic N) is 3. The minimum Gasteiger partial charge on any atom is -0.497 e. The van der Waals surface area contributed by atoms with Crippen molar-refractivity contribution in [1.82, 2.24) is 14.8 Å². The van der Waals surface area contributed by atoms with Crippen LogP contribution in [0, 0.1) is 5.41 Å². The molecule has 0 radical (unpaired) electrons. The van der Waals surface area contributed by atoms with Gasteiger partial charge in [0.1, 0.15) is 5.75 Å². The zero-order valence-electron chi connectivity index (χ0n) is 22.5. The second kappa shape index (κ2) is 13.1. The van der Waals surface area contributed by atoms with Crippen LogP contribution >= 0.6 is 24.0 Å². The summed E-state index contributed by atoms with van der Waals surface area (Å²) >= 11 is 6.64. The Bertz CT molecular complexity index is 1160. The van der Waals surface area contributed by atoms with Crippen molar-refractivity contribution in [2.24, 2.45) is 5.41 Å². The van der Waals surface area contributed by atoms with Gasteiger partial charge in [-0.3, -0.25) is 9.88 Å². The lowest BCUT2D eigenvalue weighted by Gasteiger charge is -2.41. The molecule has 1 aromatic carbocycles. The number of rotatable bonds is 11. The van der Waals surface area contributed by atoms with Crippen molar-refractivity contribution in [2.75, 3.05) is 59.7 Å². The lowest BCUT2D eigenvalue weighted by molar-refractivity contribution is 0.0337. The Hall–Kier alpha value is -1.68. The molecule has 5 rings (SSSR count). The van der Waals surface area contributed by atoms with Gasteiger partial charge in [0, 0.05) is 54.5 Å². The van der Waals surface area contributed by atoms with Gasteiger partial charge in [-0.2, -0.15) is 12.6 Å². The minimum atomic E-state index is 0.0103. The predicted molar refractivity (Wildman–Crippen MR) is 159 cm³/mol. The number of aromatic nitrogens is 1. The van der Waals surface area contributed by atoms with Crippen LogP contribution in [0.4, 0.5) is 0 Å². The summed E-state index contributed by atoms with van der Waals surface area (Å²) in [5.41, 5.74) is 3.70. The smallest absolute Gasteiger partial charge is 0.119 e. The first-order valence-electron chi connectivity index (χ1n) is 13.9. The molecule has 4 heterocycles. The van der Waals surface area contributed by atoms with Crippen molar-refractivity contribution in [1.29, 1.82) is 0 Å². The summed E-state index contributed by atoms with van der Waals surface area (Å²) in [5, 5.41) is 14.1. The minimum absolute atomic E-state index is 0.0103. The number of thiophene rings is 1. The van der Waals surface area contributed by atoms with Gasteiger partial charge in [0.25, 0.3) is 0 Å². The lowest BCUT2D eigenvalue weighted by atomic mass is 9.74. The zero-order valence-corrected chi connectivity index (χ0v) is 24.2. The van der Waals surface area contributed by atoms with Gasteiger partial charge in [-0.15, -0.1) is 11.3 Å². The van der Waals surface area contributed by atoms with Gasteiger partial charge in [-0.25, -0.2) is 0 Å². The molecule has 2 aromatic heterocycles. The van der Waals surface area contributed by atoms with Crippen LogP contribution < -0.4 is 4.74 Å². The molecule has 1 unspecified atom stereocenters. The molecule has 2 fully saturated rings. The fourth-order valence-electron chi connectivity index (χ4n) is 5.98. The quantitative estimate of drug-likeness (QED) is 0.317. The zero-order chi connectivity index (χ0) is 26.4. The second-order valence-corrected chi connectivity index (χ2v) is 12.5. The van der Waals surface area contributed by atoms with E-state index in [1.165, 1.54) is 21.4 Å². The van der Waals surface area contributed by atoms with Crippen LogP contribution in [0.15, 0.2) is 41.9 Å². The first-order valence-corrected chi connectivity index (χ1v) is 15.3. The summed E-state index contributed by atoms with van der Waals surface area (Å²) in [4.78, 5) is 11.1. The molecule has 0 bridgehead atoms. The summed E-state index contributed by atoms with van der Waals surface area (Å²) in [7, 11) is 1.72. The van der Waals surface area contributed by atoms with E-state index in [2.05, 4.69) is 45.6 Å². The number of likely N-dealkylation sites (tertiary alicyclic amines) is 1. The van der Waals surface area contributed by atoms with E-state index in [0.717, 1.165) is 95.9 Å². The van der Waals surface area contributed by atoms with Gasteiger partial charge in [-0.05, 0) is 91.4 Å². The number of pyridine rings is 1. The lowest BCUT2D eigenvalue weighted by Crippen LogP contribution is -2.43. The molecule has 2 saturated heterocycles. The van der Waals surface area contributed by atoms with Gasteiger partial charge < -0.3 is 19.5 Å². The third kappa shape index (κ3) is 6.72. The number of hydrogen-bond acceptors (Lipinski definition) is 8. The second-order valence-electron chi connectivity index (χ2n) is 10.9. The van der Waals surface area contributed by atoms with Crippen LogP contribution in [0.3, 0.4) is 0 Å². The highest BCUT2D eigenvalue weighted by Crippen LogP contribution is 2.38. The number of aliphatic hydroxyl groups is 1. The molecule has 3 aromatic rings. The molecule has 0 amide bonds. The summed E-state index contributed by atoms with van der Waals surface area (Å²) < 4.78 is 11.1. The number of piperidine rings is 1. The Kier molecular flexibility index (Phi) is 9.62. The Morgan fingerprint density at radius 3 is 2.68 bits per heavy atom. The van der Waals surface area contributed by atoms with E-state index in [1.807, 2.05) is 6.07 Å². The molecule has 0 spiro atoms. The highest BCUT2D eigenvalue weighted by atomic mass is 32.1. The molecular formula is C30H41N3O3S2. The van der Waals surface area contributed by atoms with Gasteiger partial charge in [-0.1, -0.05) is 6.07 Å². The number of thiol groups is 1. The monoisotopic (exact) mass is 555 g/mol. The van der Waals surface area contributed by atoms with Crippen LogP contribution in [0.25, 0.3) is 10.9 Å². The van der Waals surface area contributed by atoms with Crippen LogP contribution in [-0.2, 0) is 17.7 Å². The van der Waals surface area contributed by atoms with E-state index in [1.54, 1.807) is 18.4 Å². The number of methoxy groups -OCH3 is 1. The van der Waals surface area contributed by atoms with Crippen LogP contribution in [-0.4, -0.2) is 79.5 Å². The molecule has 2 aliphatic rings. The van der Waals surface area contributed by atoms with E-state index in [-0.39, 0.29) is 17.3 Å². The Morgan fingerprint density at radius 2 is 1.97 bits per heavy atom. The summed E-state index contributed by atoms with van der Waals surface area (Å²) in [5.74, 6) is 0.869. The number of ether oxygens (including phenoxy) is 2. The van der Waals surface area contributed by atoms with E-state index in [4.69, 9.17) is 27.1 Å². The number of morpholine rings is 1. The van der Waals surface area contributed by atoms with Crippen molar-refractivity contribution in [3.05, 3.63) is 57.9 Å². The SMILES string of the molecule is COc1ccc2ncc(CN3CCOCC3)c(CCCC3(CO)CCN(CC(S)c4cccs4)CC3)c2c1. The van der Waals surface area contributed by atoms with E-state index in [0.29, 0.717) is 0 Å². The van der Waals surface area contributed by atoms with Gasteiger partial charge in [0.2, 0.25) is 0 Å². The molecule has 0 saturated carbocycles. The van der Waals surface area contributed by atoms with Crippen molar-refractivity contribution in [2.45, 2.75) is 43.9 Å². The number of hydrogen-bond donors (Lipinski definition) is 2. The molecule has 1 atom stereocenters. The Balaban J connectivity index is 1.25. The highest BCUT2D eigenvalue weighted by Gasteiger charge is 2.34. The van der Waals surface area contributed by atoms with Gasteiger partial charge in [0.05, 0.1) is 25.8 Å². The average molecular weight is 556 g/mol. The normalized spacial score (nSPS) is 19.6. The van der Waals surface area contributed by atoms with Crippen LogP contribution in [0.1, 0.15) is 46.9 Å². The Morgan fingerprint density at radius 1 is 1.16 bits per heavy atom. The third-order valence-corrected chi connectivity index (χ3v) is 10.1. The van der Waals surface area contributed by atoms with Crippen LogP contribution in [0.5, 0.6) is 5.75 Å². The fourth-order valence-corrected chi connectivity index (χ4v) is 7.18. The van der Waals surface area contributed by atoms with Gasteiger partial charge in [0.15, 0.2) is 0 Å². The first-order chi connectivity index (χ1) is 18.6. The van der Waals surface area contributed by atoms with Crippen LogP contribution in [0.2, 0.25) is 0 Å². The highest BCUT2D eigenvalue weighted by molar-refractivity contribution is 7.80. The molecular weight excluding hydrogens is 514 g/mol. The number of benzene rings is 1. The fraction of sp³-hybridized carbons (Fsp3) is 0.567. The average Bonchev–Trinajstić information content (AvgIpc) is 3.51. The summed E-state index contributed by atoms with van der Waals surface area (Å²) in [6, 6.07) is 10.5. The largest absolute Gasteiger partial charge is 0.497 e. The third-order valence-electron chi connectivity index (χ3n) is 8.46. The molecule has 38 heavy (non-hydrogen) atoms. The van der Waals surface area contributed by atoms with Gasteiger partial charge >= 0.3 is 0 Å². The number of aliphatic hydroxyl groups excluding tert-OH is 1. The summed E-state index contributed by atoms with van der Waals surface area (Å²) in [6.45, 7) is 7.69. The topological polar surface area (TPSA) is 58.1 Å². The van der Waals surface area contributed by atoms with Crippen molar-refractivity contribution in [3.8, 4) is 5.75 Å². The molecule has 8 heteroatoms. The molecule has 0 aliphatic carbocycles. The molecule has 6 nitrogen and oxygen atoms in total. The van der Waals surface area contributed by atoms with Crippen molar-refractivity contribution < 1.29 is 14.6 Å². The molecule has 2 aliphatic heterocycles. The molecule has 1 N–H and O–H groups in total. The summed E-state index contributed by atoms with van der Waals surface area (Å²) in [6.07, 6.45) is 7.23. The maximum atomic E-state index is 10.5. The van der Waals surface area contributed by atoms with E-state index >= 15 is 0 Å². The Labute approximate surface area is 236 Å². The van der Waals surface area contributed by atoms with E-state index in [9.17, 15) is 5.11 Å². The standard InChI is InChI=1S/C30H41N3O3S2/c1-35-24-6-7-27-26(18-24)25(23(19-31-27)20-33-13-15-36-16-14-33)4-2-8-30(22-34)9-11-32(12-10-30)21-28(37)29-5-3-17-38-29/h3,5-7,17-19,28,34,37H,2,4,8-16,20-22H2,1H3. The van der Waals surface area contributed by atoms with Crippen molar-refractivity contribution in [3.63, 3.8) is 0 Å². The predicted octanol–water partition coefficient (Wildman–Crippen LogP) is 5.21. The van der Waals surface area contributed by atoms with Crippen molar-refractivity contribution >= 4 is 34.9 Å².